The van der Waals surface area contributed by atoms with Gasteiger partial charge in [0, 0.05) is 6.61 Å². The molecule has 0 saturated carbocycles. The first kappa shape index (κ1) is 8.76. The minimum Gasteiger partial charge on any atom is -0.396 e. The predicted molar refractivity (Wildman–Crippen MR) is 46.4 cm³/mol. The SMILES string of the molecule is [CH2]c1ccc(C#N)cc1CCO. The van der Waals surface area contributed by atoms with Gasteiger partial charge in [-0.05, 0) is 36.6 Å². The highest BCUT2D eigenvalue weighted by molar-refractivity contribution is 5.39. The fourth-order valence-corrected chi connectivity index (χ4v) is 1.05. The fourth-order valence-electron chi connectivity index (χ4n) is 1.05. The maximum absolute atomic E-state index is 8.70. The fraction of sp³-hybridized carbons (Fsp3) is 0.200. The Hall–Kier alpha value is -1.33. The van der Waals surface area contributed by atoms with Gasteiger partial charge in [-0.2, -0.15) is 5.26 Å². The average molecular weight is 160 g/mol. The molecule has 2 nitrogen and oxygen atoms in total. The summed E-state index contributed by atoms with van der Waals surface area (Å²) >= 11 is 0. The number of aliphatic hydroxyl groups excluding tert-OH is 1. The molecule has 0 aliphatic rings. The van der Waals surface area contributed by atoms with Gasteiger partial charge in [-0.15, -0.1) is 0 Å². The number of rotatable bonds is 2. The molecule has 2 heteroatoms. The Morgan fingerprint density at radius 1 is 1.50 bits per heavy atom. The quantitative estimate of drug-likeness (QED) is 0.708. The molecule has 0 aliphatic heterocycles. The van der Waals surface area contributed by atoms with Crippen molar-refractivity contribution in [1.82, 2.24) is 0 Å². The molecule has 0 saturated heterocycles. The van der Waals surface area contributed by atoms with Gasteiger partial charge in [0.05, 0.1) is 11.6 Å². The van der Waals surface area contributed by atoms with E-state index in [2.05, 4.69) is 6.92 Å². The highest BCUT2D eigenvalue weighted by atomic mass is 16.2. The maximum Gasteiger partial charge on any atom is 0.0991 e. The van der Waals surface area contributed by atoms with E-state index < -0.39 is 0 Å². The van der Waals surface area contributed by atoms with E-state index in [1.165, 1.54) is 0 Å². The number of hydrogen-bond acceptors (Lipinski definition) is 2. The molecule has 12 heavy (non-hydrogen) atoms. The Bertz CT molecular complexity index is 312. The molecule has 0 atom stereocenters. The summed E-state index contributed by atoms with van der Waals surface area (Å²) in [5.41, 5.74) is 2.44. The summed E-state index contributed by atoms with van der Waals surface area (Å²) in [6.45, 7) is 3.89. The van der Waals surface area contributed by atoms with Gasteiger partial charge in [-0.3, -0.25) is 0 Å². The van der Waals surface area contributed by atoms with Gasteiger partial charge < -0.3 is 5.11 Å². The molecule has 1 aromatic rings. The van der Waals surface area contributed by atoms with E-state index in [0.717, 1.165) is 11.1 Å². The van der Waals surface area contributed by atoms with E-state index in [-0.39, 0.29) is 6.61 Å². The van der Waals surface area contributed by atoms with Crippen LogP contribution in [0.3, 0.4) is 0 Å². The van der Waals surface area contributed by atoms with Crippen LogP contribution in [0.1, 0.15) is 16.7 Å². The second-order valence-corrected chi connectivity index (χ2v) is 2.57. The third kappa shape index (κ3) is 1.84. The molecule has 0 fully saturated rings. The van der Waals surface area contributed by atoms with Crippen LogP contribution in [0.2, 0.25) is 0 Å². The molecular weight excluding hydrogens is 150 g/mol. The Balaban J connectivity index is 3.01. The van der Waals surface area contributed by atoms with Crippen molar-refractivity contribution in [3.63, 3.8) is 0 Å². The summed E-state index contributed by atoms with van der Waals surface area (Å²) in [6.07, 6.45) is 0.564. The summed E-state index contributed by atoms with van der Waals surface area (Å²) in [4.78, 5) is 0. The average Bonchev–Trinajstić information content (AvgIpc) is 2.09. The summed E-state index contributed by atoms with van der Waals surface area (Å²) in [7, 11) is 0. The van der Waals surface area contributed by atoms with Gasteiger partial charge in [0.25, 0.3) is 0 Å². The number of aliphatic hydroxyl groups is 1. The number of nitriles is 1. The van der Waals surface area contributed by atoms with Crippen LogP contribution in [0.5, 0.6) is 0 Å². The first-order valence-electron chi connectivity index (χ1n) is 3.73. The smallest absolute Gasteiger partial charge is 0.0991 e. The third-order valence-corrected chi connectivity index (χ3v) is 1.72. The van der Waals surface area contributed by atoms with Crippen molar-refractivity contribution >= 4 is 0 Å². The molecule has 0 spiro atoms. The Labute approximate surface area is 72.1 Å². The molecule has 0 amide bonds. The molecule has 0 heterocycles. The van der Waals surface area contributed by atoms with Crippen molar-refractivity contribution in [1.29, 1.82) is 5.26 Å². The zero-order chi connectivity index (χ0) is 8.97. The molecule has 0 aliphatic carbocycles. The largest absolute Gasteiger partial charge is 0.396 e. The van der Waals surface area contributed by atoms with Crippen molar-refractivity contribution in [2.24, 2.45) is 0 Å². The van der Waals surface area contributed by atoms with Crippen molar-refractivity contribution < 1.29 is 5.11 Å². The Morgan fingerprint density at radius 2 is 2.25 bits per heavy atom. The normalized spacial score (nSPS) is 9.42. The van der Waals surface area contributed by atoms with Gasteiger partial charge in [0.15, 0.2) is 0 Å². The van der Waals surface area contributed by atoms with Gasteiger partial charge in [0.1, 0.15) is 0 Å². The standard InChI is InChI=1S/C10H10NO/c1-8-2-3-9(7-11)6-10(8)4-5-12/h2-3,6,12H,1,4-5H2. The zero-order valence-corrected chi connectivity index (χ0v) is 6.75. The highest BCUT2D eigenvalue weighted by Gasteiger charge is 1.98. The lowest BCUT2D eigenvalue weighted by Crippen LogP contribution is -1.94. The topological polar surface area (TPSA) is 44.0 Å². The van der Waals surface area contributed by atoms with Crippen LogP contribution in [0.15, 0.2) is 18.2 Å². The molecule has 61 valence electrons. The van der Waals surface area contributed by atoms with Crippen LogP contribution >= 0.6 is 0 Å². The van der Waals surface area contributed by atoms with Crippen LogP contribution in [-0.4, -0.2) is 11.7 Å². The summed E-state index contributed by atoms with van der Waals surface area (Å²) < 4.78 is 0. The highest BCUT2D eigenvalue weighted by Crippen LogP contribution is 2.10. The van der Waals surface area contributed by atoms with Crippen LogP contribution < -0.4 is 0 Å². The molecule has 1 N–H and O–H groups in total. The predicted octanol–water partition coefficient (Wildman–Crippen LogP) is 1.28. The van der Waals surface area contributed by atoms with E-state index in [1.54, 1.807) is 18.2 Å². The first-order valence-corrected chi connectivity index (χ1v) is 3.73. The number of nitrogens with zero attached hydrogens (tertiary/aromatic N) is 1. The van der Waals surface area contributed by atoms with E-state index >= 15 is 0 Å². The zero-order valence-electron chi connectivity index (χ0n) is 6.75. The van der Waals surface area contributed by atoms with Crippen molar-refractivity contribution in [3.8, 4) is 6.07 Å². The Kier molecular flexibility index (Phi) is 2.84. The lowest BCUT2D eigenvalue weighted by Gasteiger charge is -2.02. The van der Waals surface area contributed by atoms with Crippen molar-refractivity contribution in [2.75, 3.05) is 6.61 Å². The van der Waals surface area contributed by atoms with E-state index in [0.29, 0.717) is 12.0 Å². The van der Waals surface area contributed by atoms with Crippen LogP contribution in [-0.2, 0) is 6.42 Å². The maximum atomic E-state index is 8.70. The van der Waals surface area contributed by atoms with Gasteiger partial charge in [0.2, 0.25) is 0 Å². The summed E-state index contributed by atoms with van der Waals surface area (Å²) in [6, 6.07) is 7.33. The second-order valence-electron chi connectivity index (χ2n) is 2.57. The van der Waals surface area contributed by atoms with E-state index in [4.69, 9.17) is 10.4 Å². The lowest BCUT2D eigenvalue weighted by atomic mass is 10.0. The van der Waals surface area contributed by atoms with Crippen molar-refractivity contribution in [2.45, 2.75) is 6.42 Å². The molecular formula is C10H10NO. The number of hydrogen-bond donors (Lipinski definition) is 1. The van der Waals surface area contributed by atoms with E-state index in [9.17, 15) is 0 Å². The minimum absolute atomic E-state index is 0.0946. The molecule has 1 aromatic carbocycles. The monoisotopic (exact) mass is 160 g/mol. The lowest BCUT2D eigenvalue weighted by molar-refractivity contribution is 0.299. The molecule has 1 rings (SSSR count). The second kappa shape index (κ2) is 3.89. The number of benzene rings is 1. The Morgan fingerprint density at radius 3 is 2.83 bits per heavy atom. The van der Waals surface area contributed by atoms with Crippen LogP contribution in [0, 0.1) is 18.3 Å². The molecule has 1 radical (unpaired) electrons. The van der Waals surface area contributed by atoms with E-state index in [1.807, 2.05) is 6.07 Å². The van der Waals surface area contributed by atoms with Crippen LogP contribution in [0.25, 0.3) is 0 Å². The van der Waals surface area contributed by atoms with Gasteiger partial charge in [-0.25, -0.2) is 0 Å². The first-order chi connectivity index (χ1) is 5.77. The van der Waals surface area contributed by atoms with Crippen molar-refractivity contribution in [3.05, 3.63) is 41.8 Å². The minimum atomic E-state index is 0.0946. The third-order valence-electron chi connectivity index (χ3n) is 1.72. The molecule has 0 unspecified atom stereocenters. The summed E-state index contributed by atoms with van der Waals surface area (Å²) in [5.74, 6) is 0. The summed E-state index contributed by atoms with van der Waals surface area (Å²) in [5, 5.41) is 17.3. The van der Waals surface area contributed by atoms with Crippen LogP contribution in [0.4, 0.5) is 0 Å². The van der Waals surface area contributed by atoms with Gasteiger partial charge in [-0.1, -0.05) is 6.07 Å². The molecule has 0 bridgehead atoms. The van der Waals surface area contributed by atoms with Gasteiger partial charge >= 0.3 is 0 Å². The molecule has 0 aromatic heterocycles.